The van der Waals surface area contributed by atoms with Gasteiger partial charge in [0.25, 0.3) is 0 Å². The van der Waals surface area contributed by atoms with E-state index in [0.29, 0.717) is 0 Å². The van der Waals surface area contributed by atoms with Gasteiger partial charge in [-0.3, -0.25) is 4.90 Å². The lowest BCUT2D eigenvalue weighted by molar-refractivity contribution is -0.0328. The molecule has 0 saturated carbocycles. The van der Waals surface area contributed by atoms with E-state index in [-0.39, 0.29) is 35.1 Å². The summed E-state index contributed by atoms with van der Waals surface area (Å²) in [6.45, 7) is 3.58. The van der Waals surface area contributed by atoms with Gasteiger partial charge < -0.3 is 5.32 Å². The first-order valence-corrected chi connectivity index (χ1v) is 9.49. The Morgan fingerprint density at radius 2 is 1.72 bits per heavy atom. The van der Waals surface area contributed by atoms with Gasteiger partial charge in [-0.2, -0.15) is 13.2 Å². The van der Waals surface area contributed by atoms with Gasteiger partial charge >= 0.3 is 5.51 Å². The third-order valence-corrected chi connectivity index (χ3v) is 5.83. The van der Waals surface area contributed by atoms with Gasteiger partial charge in [0.15, 0.2) is 0 Å². The zero-order valence-corrected chi connectivity index (χ0v) is 16.3. The van der Waals surface area contributed by atoms with Crippen LogP contribution in [0.5, 0.6) is 0 Å². The molecule has 1 atom stereocenters. The van der Waals surface area contributed by atoms with Gasteiger partial charge in [0.1, 0.15) is 0 Å². The number of halogens is 5. The van der Waals surface area contributed by atoms with E-state index in [1.54, 1.807) is 12.1 Å². The summed E-state index contributed by atoms with van der Waals surface area (Å²) in [4.78, 5) is 3.65. The number of nitrogens with zero attached hydrogens (tertiary/aromatic N) is 1. The molecule has 1 aromatic heterocycles. The van der Waals surface area contributed by atoms with Gasteiger partial charge in [0.05, 0.1) is 10.4 Å². The van der Waals surface area contributed by atoms with Crippen LogP contribution in [0.4, 0.5) is 13.2 Å². The van der Waals surface area contributed by atoms with Crippen LogP contribution in [0.3, 0.4) is 0 Å². The van der Waals surface area contributed by atoms with Crippen LogP contribution < -0.4 is 5.32 Å². The van der Waals surface area contributed by atoms with Crippen molar-refractivity contribution in [3.63, 3.8) is 0 Å². The highest BCUT2D eigenvalue weighted by atomic mass is 35.5. The van der Waals surface area contributed by atoms with Crippen molar-refractivity contribution in [2.24, 2.45) is 0 Å². The molecule has 0 radical (unpaired) electrons. The molecule has 0 amide bonds. The predicted octanol–water partition coefficient (Wildman–Crippen LogP) is 5.43. The molecular formula is C16H17Cl2F3N2S2. The number of thiophene rings is 1. The van der Waals surface area contributed by atoms with Crippen LogP contribution in [0.2, 0.25) is 4.34 Å². The van der Waals surface area contributed by atoms with E-state index < -0.39 is 5.51 Å². The smallest absolute Gasteiger partial charge is 0.314 e. The molecule has 2 aromatic rings. The number of benzene rings is 1. The van der Waals surface area contributed by atoms with Gasteiger partial charge in [-0.25, -0.2) is 0 Å². The molecule has 2 heterocycles. The number of hydrogen-bond acceptors (Lipinski definition) is 4. The summed E-state index contributed by atoms with van der Waals surface area (Å²) in [5.41, 5.74) is -3.28. The largest absolute Gasteiger partial charge is 0.446 e. The Bertz CT molecular complexity index is 671. The fourth-order valence-corrected chi connectivity index (χ4v) is 4.59. The first-order chi connectivity index (χ1) is 11.4. The monoisotopic (exact) mass is 428 g/mol. The van der Waals surface area contributed by atoms with Crippen molar-refractivity contribution >= 4 is 47.1 Å². The molecule has 1 aromatic carbocycles. The Labute approximate surface area is 164 Å². The highest BCUT2D eigenvalue weighted by Crippen LogP contribution is 2.39. The molecule has 3 rings (SSSR count). The van der Waals surface area contributed by atoms with E-state index in [1.165, 1.54) is 23.5 Å². The summed E-state index contributed by atoms with van der Waals surface area (Å²) < 4.78 is 38.2. The molecule has 1 saturated heterocycles. The van der Waals surface area contributed by atoms with Gasteiger partial charge in [-0.1, -0.05) is 23.7 Å². The fraction of sp³-hybridized carbons (Fsp3) is 0.375. The van der Waals surface area contributed by atoms with Crippen molar-refractivity contribution in [3.8, 4) is 0 Å². The minimum atomic E-state index is -4.26. The van der Waals surface area contributed by atoms with E-state index >= 15 is 0 Å². The average molecular weight is 429 g/mol. The second kappa shape index (κ2) is 8.97. The Morgan fingerprint density at radius 3 is 2.24 bits per heavy atom. The van der Waals surface area contributed by atoms with Gasteiger partial charge in [-0.15, -0.1) is 23.7 Å². The summed E-state index contributed by atoms with van der Waals surface area (Å²) in [5, 5.41) is 3.32. The fourth-order valence-electron chi connectivity index (χ4n) is 2.82. The van der Waals surface area contributed by atoms with Crippen molar-refractivity contribution in [1.29, 1.82) is 0 Å². The molecule has 1 aliphatic rings. The zero-order valence-electron chi connectivity index (χ0n) is 13.1. The summed E-state index contributed by atoms with van der Waals surface area (Å²) in [6, 6.07) is 10.5. The number of rotatable bonds is 4. The predicted molar refractivity (Wildman–Crippen MR) is 101 cm³/mol. The lowest BCUT2D eigenvalue weighted by Gasteiger charge is -2.34. The first kappa shape index (κ1) is 20.9. The molecule has 138 valence electrons. The maximum Gasteiger partial charge on any atom is 0.446 e. The molecule has 0 bridgehead atoms. The Balaban J connectivity index is 0.00000225. The first-order valence-electron chi connectivity index (χ1n) is 7.48. The zero-order chi connectivity index (χ0) is 17.2. The Morgan fingerprint density at radius 1 is 1.08 bits per heavy atom. The standard InChI is InChI=1S/C16H16ClF3N2S2.ClH/c17-14-6-5-13(23-14)15(22-9-7-21-8-10-22)11-1-3-12(4-2-11)24-16(18,19)20;/h1-6,15,21H,7-10H2;1H/t15-;/m1./s1. The molecule has 2 nitrogen and oxygen atoms in total. The van der Waals surface area contributed by atoms with Crippen LogP contribution >= 0.6 is 47.1 Å². The summed E-state index contributed by atoms with van der Waals surface area (Å²) in [6.07, 6.45) is 0. The van der Waals surface area contributed by atoms with Gasteiger partial charge in [-0.05, 0) is 41.6 Å². The van der Waals surface area contributed by atoms with Crippen molar-refractivity contribution in [2.75, 3.05) is 26.2 Å². The third-order valence-electron chi connectivity index (χ3n) is 3.81. The molecular weight excluding hydrogens is 412 g/mol. The summed E-state index contributed by atoms with van der Waals surface area (Å²) in [5.74, 6) is 0. The Hall–Kier alpha value is -0.440. The van der Waals surface area contributed by atoms with Crippen LogP contribution in [0.25, 0.3) is 0 Å². The van der Waals surface area contributed by atoms with E-state index in [4.69, 9.17) is 11.6 Å². The lowest BCUT2D eigenvalue weighted by Crippen LogP contribution is -2.45. The normalized spacial score (nSPS) is 17.1. The van der Waals surface area contributed by atoms with Crippen molar-refractivity contribution in [2.45, 2.75) is 16.4 Å². The van der Waals surface area contributed by atoms with Crippen LogP contribution in [-0.4, -0.2) is 36.6 Å². The van der Waals surface area contributed by atoms with E-state index in [9.17, 15) is 13.2 Å². The summed E-state index contributed by atoms with van der Waals surface area (Å²) >= 11 is 7.52. The molecule has 25 heavy (non-hydrogen) atoms. The van der Waals surface area contributed by atoms with E-state index in [2.05, 4.69) is 10.2 Å². The summed E-state index contributed by atoms with van der Waals surface area (Å²) in [7, 11) is 0. The molecule has 1 fully saturated rings. The van der Waals surface area contributed by atoms with Crippen LogP contribution in [0, 0.1) is 0 Å². The van der Waals surface area contributed by atoms with Crippen LogP contribution in [-0.2, 0) is 0 Å². The number of piperazine rings is 1. The minimum Gasteiger partial charge on any atom is -0.314 e. The van der Waals surface area contributed by atoms with Gasteiger partial charge in [0.2, 0.25) is 0 Å². The number of hydrogen-bond donors (Lipinski definition) is 1. The average Bonchev–Trinajstić information content (AvgIpc) is 2.95. The molecule has 0 aliphatic carbocycles. The Kier molecular flexibility index (Phi) is 7.49. The number of nitrogens with one attached hydrogen (secondary N) is 1. The van der Waals surface area contributed by atoms with Crippen molar-refractivity contribution in [3.05, 3.63) is 51.2 Å². The second-order valence-electron chi connectivity index (χ2n) is 5.45. The third kappa shape index (κ3) is 5.77. The second-order valence-corrected chi connectivity index (χ2v) is 8.33. The van der Waals surface area contributed by atoms with Crippen LogP contribution in [0.1, 0.15) is 16.5 Å². The highest BCUT2D eigenvalue weighted by molar-refractivity contribution is 8.00. The van der Waals surface area contributed by atoms with Crippen LogP contribution in [0.15, 0.2) is 41.3 Å². The number of alkyl halides is 3. The number of thioether (sulfide) groups is 1. The highest BCUT2D eigenvalue weighted by Gasteiger charge is 2.30. The molecule has 0 unspecified atom stereocenters. The topological polar surface area (TPSA) is 15.3 Å². The molecule has 9 heteroatoms. The quantitative estimate of drug-likeness (QED) is 0.653. The maximum absolute atomic E-state index is 12.5. The van der Waals surface area contributed by atoms with Crippen molar-refractivity contribution < 1.29 is 13.2 Å². The van der Waals surface area contributed by atoms with E-state index in [0.717, 1.165) is 41.0 Å². The molecule has 1 N–H and O–H groups in total. The maximum atomic E-state index is 12.5. The lowest BCUT2D eigenvalue weighted by atomic mass is 10.0. The SMILES string of the molecule is Cl.FC(F)(F)Sc1ccc([C@H](c2ccc(Cl)s2)N2CCNCC2)cc1. The van der Waals surface area contributed by atoms with E-state index in [1.807, 2.05) is 12.1 Å². The minimum absolute atomic E-state index is 0. The van der Waals surface area contributed by atoms with Gasteiger partial charge in [0, 0.05) is 36.0 Å². The van der Waals surface area contributed by atoms with Crippen molar-refractivity contribution in [1.82, 2.24) is 10.2 Å². The molecule has 0 spiro atoms. The molecule has 1 aliphatic heterocycles.